The Labute approximate surface area is 162 Å². The fraction of sp³-hybridized carbons (Fsp3) is 0.250. The number of hydrogen-bond acceptors (Lipinski definition) is 6. The zero-order chi connectivity index (χ0) is 19.4. The van der Waals surface area contributed by atoms with E-state index in [1.54, 1.807) is 36.1 Å². The van der Waals surface area contributed by atoms with Crippen LogP contribution in [0.15, 0.2) is 61.2 Å². The predicted octanol–water partition coefficient (Wildman–Crippen LogP) is 2.53. The lowest BCUT2D eigenvalue weighted by atomic mass is 10.1. The van der Waals surface area contributed by atoms with E-state index < -0.39 is 5.60 Å². The van der Waals surface area contributed by atoms with Gasteiger partial charge in [0.05, 0.1) is 6.54 Å². The molecule has 0 fully saturated rings. The van der Waals surface area contributed by atoms with Gasteiger partial charge in [0, 0.05) is 11.8 Å². The Balaban J connectivity index is 1.38. The monoisotopic (exact) mass is 380 g/mol. The highest BCUT2D eigenvalue weighted by atomic mass is 16.6. The highest BCUT2D eigenvalue weighted by Gasteiger charge is 2.40. The second kappa shape index (κ2) is 7.59. The molecular weight excluding hydrogens is 360 g/mol. The number of carbonyl (C=O) groups excluding carboxylic acids is 1. The number of hydrogen-bond donors (Lipinski definition) is 1. The zero-order valence-corrected chi connectivity index (χ0v) is 15.4. The molecule has 1 unspecified atom stereocenters. The molecule has 4 rings (SSSR count). The summed E-state index contributed by atoms with van der Waals surface area (Å²) in [6.07, 6.45) is 3.11. The second-order valence-corrected chi connectivity index (χ2v) is 6.56. The third-order valence-electron chi connectivity index (χ3n) is 4.32. The number of anilines is 1. The van der Waals surface area contributed by atoms with Gasteiger partial charge in [0.15, 0.2) is 11.5 Å². The highest BCUT2D eigenvalue weighted by molar-refractivity contribution is 5.97. The molecule has 0 spiro atoms. The van der Waals surface area contributed by atoms with Crippen molar-refractivity contribution in [3.05, 3.63) is 61.2 Å². The Morgan fingerprint density at radius 1 is 1.25 bits per heavy atom. The Bertz CT molecular complexity index is 960. The van der Waals surface area contributed by atoms with Crippen molar-refractivity contribution in [2.24, 2.45) is 0 Å². The van der Waals surface area contributed by atoms with Crippen LogP contribution in [-0.2, 0) is 11.3 Å². The van der Waals surface area contributed by atoms with Crippen molar-refractivity contribution in [1.29, 1.82) is 0 Å². The van der Waals surface area contributed by atoms with Crippen molar-refractivity contribution in [3.8, 4) is 17.2 Å². The van der Waals surface area contributed by atoms with E-state index in [1.807, 2.05) is 30.3 Å². The van der Waals surface area contributed by atoms with Gasteiger partial charge in [-0.05, 0) is 31.2 Å². The largest absolute Gasteiger partial charge is 0.492 e. The highest BCUT2D eigenvalue weighted by Crippen LogP contribution is 2.35. The molecule has 1 atom stereocenters. The number of aromatic nitrogens is 3. The molecule has 1 aliphatic rings. The molecule has 144 valence electrons. The number of para-hydroxylation sites is 2. The summed E-state index contributed by atoms with van der Waals surface area (Å²) in [6, 6.07) is 14.5. The topological polar surface area (TPSA) is 87.5 Å². The minimum Gasteiger partial charge on any atom is -0.492 e. The van der Waals surface area contributed by atoms with Gasteiger partial charge in [0.2, 0.25) is 5.60 Å². The van der Waals surface area contributed by atoms with Gasteiger partial charge in [0.1, 0.15) is 31.6 Å². The summed E-state index contributed by atoms with van der Waals surface area (Å²) >= 11 is 0. The van der Waals surface area contributed by atoms with Gasteiger partial charge >= 0.3 is 0 Å². The number of fused-ring (bicyclic) bond motifs is 1. The Hall–Kier alpha value is -3.55. The summed E-state index contributed by atoms with van der Waals surface area (Å²) in [7, 11) is 0. The van der Waals surface area contributed by atoms with Gasteiger partial charge in [0.25, 0.3) is 5.91 Å². The number of nitrogens with zero attached hydrogens (tertiary/aromatic N) is 3. The van der Waals surface area contributed by atoms with Crippen LogP contribution in [0.4, 0.5) is 5.69 Å². The molecule has 28 heavy (non-hydrogen) atoms. The van der Waals surface area contributed by atoms with Crippen molar-refractivity contribution >= 4 is 11.6 Å². The quantitative estimate of drug-likeness (QED) is 0.707. The lowest BCUT2D eigenvalue weighted by molar-refractivity contribution is -0.134. The van der Waals surface area contributed by atoms with Gasteiger partial charge < -0.3 is 19.5 Å². The summed E-state index contributed by atoms with van der Waals surface area (Å²) in [4.78, 5) is 16.7. The van der Waals surface area contributed by atoms with Gasteiger partial charge in [-0.25, -0.2) is 9.67 Å². The minimum absolute atomic E-state index is 0.129. The number of ether oxygens (including phenoxy) is 3. The van der Waals surface area contributed by atoms with Gasteiger partial charge in [-0.2, -0.15) is 5.10 Å². The van der Waals surface area contributed by atoms with Gasteiger partial charge in [-0.3, -0.25) is 4.79 Å². The van der Waals surface area contributed by atoms with E-state index in [-0.39, 0.29) is 12.5 Å². The van der Waals surface area contributed by atoms with Crippen LogP contribution in [0.2, 0.25) is 0 Å². The Kier molecular flexibility index (Phi) is 4.84. The number of carbonyl (C=O) groups is 1. The Morgan fingerprint density at radius 2 is 2.11 bits per heavy atom. The lowest BCUT2D eigenvalue weighted by Gasteiger charge is -2.34. The second-order valence-electron chi connectivity index (χ2n) is 6.56. The fourth-order valence-corrected chi connectivity index (χ4v) is 2.79. The maximum Gasteiger partial charge on any atom is 0.271 e. The maximum atomic E-state index is 12.8. The molecule has 0 aliphatic carbocycles. The molecule has 8 nitrogen and oxygen atoms in total. The van der Waals surface area contributed by atoms with Crippen LogP contribution in [0.1, 0.15) is 6.92 Å². The van der Waals surface area contributed by atoms with Crippen molar-refractivity contribution < 1.29 is 19.0 Å². The molecule has 1 N–H and O–H groups in total. The normalized spacial score (nSPS) is 17.8. The van der Waals surface area contributed by atoms with E-state index in [0.717, 1.165) is 0 Å². The molecule has 0 saturated carbocycles. The van der Waals surface area contributed by atoms with E-state index in [2.05, 4.69) is 15.4 Å². The third-order valence-corrected chi connectivity index (χ3v) is 4.32. The van der Waals surface area contributed by atoms with E-state index in [1.165, 1.54) is 6.33 Å². The molecule has 0 saturated heterocycles. The van der Waals surface area contributed by atoms with Crippen LogP contribution >= 0.6 is 0 Å². The molecule has 0 bridgehead atoms. The van der Waals surface area contributed by atoms with Crippen molar-refractivity contribution in [2.75, 3.05) is 18.5 Å². The average molecular weight is 380 g/mol. The first kappa shape index (κ1) is 17.8. The number of benzene rings is 2. The molecule has 1 aliphatic heterocycles. The Morgan fingerprint density at radius 3 is 2.93 bits per heavy atom. The van der Waals surface area contributed by atoms with Crippen LogP contribution in [0.3, 0.4) is 0 Å². The summed E-state index contributed by atoms with van der Waals surface area (Å²) in [5.41, 5.74) is -0.509. The minimum atomic E-state index is -1.13. The first-order valence-corrected chi connectivity index (χ1v) is 8.90. The molecule has 3 aromatic rings. The molecular formula is C20H20N4O4. The van der Waals surface area contributed by atoms with Crippen molar-refractivity contribution in [2.45, 2.75) is 19.1 Å². The summed E-state index contributed by atoms with van der Waals surface area (Å²) in [5.74, 6) is 1.54. The van der Waals surface area contributed by atoms with E-state index in [4.69, 9.17) is 14.2 Å². The maximum absolute atomic E-state index is 12.8. The van der Waals surface area contributed by atoms with E-state index in [0.29, 0.717) is 36.1 Å². The molecule has 1 amide bonds. The van der Waals surface area contributed by atoms with Crippen LogP contribution in [0.5, 0.6) is 17.2 Å². The fourth-order valence-electron chi connectivity index (χ4n) is 2.79. The molecule has 0 radical (unpaired) electrons. The van der Waals surface area contributed by atoms with Crippen LogP contribution < -0.4 is 19.5 Å². The first-order valence-electron chi connectivity index (χ1n) is 8.90. The van der Waals surface area contributed by atoms with Crippen LogP contribution in [0, 0.1) is 0 Å². The van der Waals surface area contributed by atoms with E-state index in [9.17, 15) is 4.79 Å². The van der Waals surface area contributed by atoms with E-state index >= 15 is 0 Å². The average Bonchev–Trinajstić information content (AvgIpc) is 3.22. The lowest BCUT2D eigenvalue weighted by Crippen LogP contribution is -2.52. The predicted molar refractivity (Wildman–Crippen MR) is 102 cm³/mol. The molecule has 2 heterocycles. The molecule has 8 heteroatoms. The zero-order valence-electron chi connectivity index (χ0n) is 15.4. The smallest absolute Gasteiger partial charge is 0.271 e. The van der Waals surface area contributed by atoms with Gasteiger partial charge in [-0.1, -0.05) is 18.2 Å². The van der Waals surface area contributed by atoms with Crippen molar-refractivity contribution in [3.63, 3.8) is 0 Å². The summed E-state index contributed by atoms with van der Waals surface area (Å²) < 4.78 is 19.0. The van der Waals surface area contributed by atoms with Gasteiger partial charge in [-0.15, -0.1) is 0 Å². The standard InChI is InChI=1S/C20H20N4O4/c1-20(12-27-17-7-2-3-8-18(17)28-20)19(25)23-15-5-4-6-16(11-15)26-10-9-24-14-21-13-22-24/h2-8,11,13-14H,9-10,12H2,1H3,(H,23,25). The van der Waals surface area contributed by atoms with Crippen LogP contribution in [-0.4, -0.2) is 39.5 Å². The van der Waals surface area contributed by atoms with Crippen molar-refractivity contribution in [1.82, 2.24) is 14.8 Å². The number of amides is 1. The number of rotatable bonds is 6. The number of nitrogens with one attached hydrogen (secondary N) is 1. The summed E-state index contributed by atoms with van der Waals surface area (Å²) in [5, 5.41) is 6.90. The SMILES string of the molecule is CC1(C(=O)Nc2cccc(OCCn3cncn3)c2)COc2ccccc2O1. The summed E-state index contributed by atoms with van der Waals surface area (Å²) in [6.45, 7) is 2.85. The first-order chi connectivity index (χ1) is 13.6. The van der Waals surface area contributed by atoms with Crippen LogP contribution in [0.25, 0.3) is 0 Å². The molecule has 2 aromatic carbocycles. The third kappa shape index (κ3) is 3.90. The molecule has 1 aromatic heterocycles.